The van der Waals surface area contributed by atoms with Gasteiger partial charge in [-0.05, 0) is 49.9 Å². The van der Waals surface area contributed by atoms with Gasteiger partial charge >= 0.3 is 0 Å². The van der Waals surface area contributed by atoms with Crippen LogP contribution in [0.15, 0.2) is 24.3 Å². The minimum absolute atomic E-state index is 0.186. The summed E-state index contributed by atoms with van der Waals surface area (Å²) in [4.78, 5) is 13.5. The van der Waals surface area contributed by atoms with E-state index in [0.29, 0.717) is 18.4 Å². The highest BCUT2D eigenvalue weighted by atomic mass is 16.5. The van der Waals surface area contributed by atoms with Gasteiger partial charge < -0.3 is 10.5 Å². The van der Waals surface area contributed by atoms with Crippen molar-refractivity contribution in [2.75, 3.05) is 20.2 Å². The molecule has 1 heterocycles. The fourth-order valence-corrected chi connectivity index (χ4v) is 2.99. The van der Waals surface area contributed by atoms with Crippen LogP contribution in [0, 0.1) is 5.92 Å². The summed E-state index contributed by atoms with van der Waals surface area (Å²) < 4.78 is 5.19. The zero-order chi connectivity index (χ0) is 14.5. The van der Waals surface area contributed by atoms with Gasteiger partial charge in [0.2, 0.25) is 5.91 Å². The number of likely N-dealkylation sites (tertiary alicyclic amines) is 1. The number of methoxy groups -OCH3 is 1. The molecule has 1 aliphatic rings. The summed E-state index contributed by atoms with van der Waals surface area (Å²) in [6.07, 6.45) is 2.75. The molecule has 1 amide bonds. The molecule has 2 rings (SSSR count). The molecule has 110 valence electrons. The van der Waals surface area contributed by atoms with Crippen LogP contribution in [0.5, 0.6) is 5.75 Å². The minimum atomic E-state index is -0.186. The van der Waals surface area contributed by atoms with E-state index in [1.165, 1.54) is 5.56 Å². The van der Waals surface area contributed by atoms with E-state index in [9.17, 15) is 4.79 Å². The van der Waals surface area contributed by atoms with E-state index in [-0.39, 0.29) is 5.91 Å². The van der Waals surface area contributed by atoms with Crippen LogP contribution < -0.4 is 10.5 Å². The van der Waals surface area contributed by atoms with Gasteiger partial charge in [0.1, 0.15) is 5.75 Å². The molecule has 0 aliphatic carbocycles. The molecule has 2 unspecified atom stereocenters. The van der Waals surface area contributed by atoms with Crippen molar-refractivity contribution in [3.05, 3.63) is 29.8 Å². The van der Waals surface area contributed by atoms with E-state index in [1.807, 2.05) is 12.1 Å². The highest BCUT2D eigenvalue weighted by Gasteiger charge is 2.25. The molecule has 0 saturated carbocycles. The number of rotatable bonds is 5. The van der Waals surface area contributed by atoms with E-state index in [1.54, 1.807) is 7.11 Å². The first-order chi connectivity index (χ1) is 9.60. The van der Waals surface area contributed by atoms with Gasteiger partial charge in [0.05, 0.1) is 7.11 Å². The lowest BCUT2D eigenvalue weighted by Crippen LogP contribution is -2.38. The molecular formula is C16H24N2O2. The quantitative estimate of drug-likeness (QED) is 0.898. The first-order valence-electron chi connectivity index (χ1n) is 7.26. The van der Waals surface area contributed by atoms with Crippen LogP contribution in [0.3, 0.4) is 0 Å². The number of piperidine rings is 1. The maximum atomic E-state index is 11.1. The van der Waals surface area contributed by atoms with Gasteiger partial charge in [-0.25, -0.2) is 0 Å². The Labute approximate surface area is 120 Å². The van der Waals surface area contributed by atoms with Crippen molar-refractivity contribution in [1.82, 2.24) is 4.90 Å². The second-order valence-corrected chi connectivity index (χ2v) is 5.62. The maximum Gasteiger partial charge on any atom is 0.217 e. The number of carbonyl (C=O) groups is 1. The molecule has 2 atom stereocenters. The number of ether oxygens (including phenoxy) is 1. The van der Waals surface area contributed by atoms with Crippen LogP contribution in [-0.4, -0.2) is 31.0 Å². The second kappa shape index (κ2) is 6.75. The zero-order valence-corrected chi connectivity index (χ0v) is 12.3. The predicted octanol–water partition coefficient (Wildman–Crippen LogP) is 2.34. The van der Waals surface area contributed by atoms with Gasteiger partial charge in [0.25, 0.3) is 0 Å². The van der Waals surface area contributed by atoms with Crippen molar-refractivity contribution < 1.29 is 9.53 Å². The van der Waals surface area contributed by atoms with Gasteiger partial charge in [-0.3, -0.25) is 9.69 Å². The van der Waals surface area contributed by atoms with Crippen LogP contribution in [0.1, 0.15) is 37.8 Å². The molecule has 2 N–H and O–H groups in total. The van der Waals surface area contributed by atoms with Gasteiger partial charge in [0, 0.05) is 19.0 Å². The molecule has 1 saturated heterocycles. The first-order valence-corrected chi connectivity index (χ1v) is 7.26. The summed E-state index contributed by atoms with van der Waals surface area (Å²) in [5.74, 6) is 1.10. The molecule has 4 heteroatoms. The summed E-state index contributed by atoms with van der Waals surface area (Å²) in [7, 11) is 1.68. The Morgan fingerprint density at radius 2 is 2.15 bits per heavy atom. The fraction of sp³-hybridized carbons (Fsp3) is 0.562. The van der Waals surface area contributed by atoms with Crippen molar-refractivity contribution in [1.29, 1.82) is 0 Å². The zero-order valence-electron chi connectivity index (χ0n) is 12.3. The Hall–Kier alpha value is -1.55. The van der Waals surface area contributed by atoms with Crippen molar-refractivity contribution in [3.63, 3.8) is 0 Å². The number of carbonyl (C=O) groups excluding carboxylic acids is 1. The second-order valence-electron chi connectivity index (χ2n) is 5.62. The van der Waals surface area contributed by atoms with Crippen LogP contribution in [0.4, 0.5) is 0 Å². The number of nitrogens with zero attached hydrogens (tertiary/aromatic N) is 1. The highest BCUT2D eigenvalue weighted by Crippen LogP contribution is 2.28. The summed E-state index contributed by atoms with van der Waals surface area (Å²) >= 11 is 0. The lowest BCUT2D eigenvalue weighted by molar-refractivity contribution is -0.119. The lowest BCUT2D eigenvalue weighted by Gasteiger charge is -2.36. The van der Waals surface area contributed by atoms with Crippen LogP contribution in [0.25, 0.3) is 0 Å². The Kier molecular flexibility index (Phi) is 5.01. The van der Waals surface area contributed by atoms with Crippen molar-refractivity contribution in [2.45, 2.75) is 32.2 Å². The Morgan fingerprint density at radius 1 is 1.45 bits per heavy atom. The van der Waals surface area contributed by atoms with Crippen LogP contribution >= 0.6 is 0 Å². The average Bonchev–Trinajstić information content (AvgIpc) is 2.46. The van der Waals surface area contributed by atoms with Crippen molar-refractivity contribution >= 4 is 5.91 Å². The van der Waals surface area contributed by atoms with Gasteiger partial charge in [-0.2, -0.15) is 0 Å². The van der Waals surface area contributed by atoms with E-state index >= 15 is 0 Å². The minimum Gasteiger partial charge on any atom is -0.497 e. The molecule has 0 radical (unpaired) electrons. The molecule has 4 nitrogen and oxygen atoms in total. The molecule has 1 fully saturated rings. The topological polar surface area (TPSA) is 55.6 Å². The molecule has 0 bridgehead atoms. The molecule has 0 spiro atoms. The van der Waals surface area contributed by atoms with E-state index in [0.717, 1.165) is 31.7 Å². The number of benzene rings is 1. The van der Waals surface area contributed by atoms with Crippen LogP contribution in [-0.2, 0) is 4.79 Å². The molecule has 0 aromatic heterocycles. The first kappa shape index (κ1) is 14.9. The largest absolute Gasteiger partial charge is 0.497 e. The highest BCUT2D eigenvalue weighted by molar-refractivity contribution is 5.74. The third-order valence-corrected chi connectivity index (χ3v) is 4.19. The number of amides is 1. The third kappa shape index (κ3) is 3.73. The number of hydrogen-bond acceptors (Lipinski definition) is 3. The smallest absolute Gasteiger partial charge is 0.217 e. The van der Waals surface area contributed by atoms with Crippen molar-refractivity contribution in [2.24, 2.45) is 11.7 Å². The Morgan fingerprint density at radius 3 is 2.75 bits per heavy atom. The van der Waals surface area contributed by atoms with Gasteiger partial charge in [0.15, 0.2) is 0 Å². The molecule has 1 aromatic rings. The SMILES string of the molecule is COc1ccc(C(C)N2CCCC(CC(N)=O)C2)cc1. The van der Waals surface area contributed by atoms with Crippen LogP contribution in [0.2, 0.25) is 0 Å². The van der Waals surface area contributed by atoms with E-state index < -0.39 is 0 Å². The van der Waals surface area contributed by atoms with Crippen molar-refractivity contribution in [3.8, 4) is 5.75 Å². The molecule has 20 heavy (non-hydrogen) atoms. The normalized spacial score (nSPS) is 21.4. The fourth-order valence-electron chi connectivity index (χ4n) is 2.99. The standard InChI is InChI=1S/C16H24N2O2/c1-12(14-5-7-15(20-2)8-6-14)18-9-3-4-13(11-18)10-16(17)19/h5-8,12-13H,3-4,9-11H2,1-2H3,(H2,17,19). The Bertz CT molecular complexity index is 444. The lowest BCUT2D eigenvalue weighted by atomic mass is 9.92. The maximum absolute atomic E-state index is 11.1. The molecule has 1 aliphatic heterocycles. The number of nitrogens with two attached hydrogens (primary N) is 1. The van der Waals surface area contributed by atoms with E-state index in [4.69, 9.17) is 10.5 Å². The Balaban J connectivity index is 1.99. The predicted molar refractivity (Wildman–Crippen MR) is 79.5 cm³/mol. The summed E-state index contributed by atoms with van der Waals surface area (Å²) in [6.45, 7) is 4.26. The summed E-state index contributed by atoms with van der Waals surface area (Å²) in [6, 6.07) is 8.58. The van der Waals surface area contributed by atoms with E-state index in [2.05, 4.69) is 24.0 Å². The average molecular weight is 276 g/mol. The summed E-state index contributed by atoms with van der Waals surface area (Å²) in [5.41, 5.74) is 6.60. The summed E-state index contributed by atoms with van der Waals surface area (Å²) in [5, 5.41) is 0. The third-order valence-electron chi connectivity index (χ3n) is 4.19. The molecule has 1 aromatic carbocycles. The van der Waals surface area contributed by atoms with Gasteiger partial charge in [-0.15, -0.1) is 0 Å². The molecular weight excluding hydrogens is 252 g/mol. The number of primary amides is 1. The number of hydrogen-bond donors (Lipinski definition) is 1. The monoisotopic (exact) mass is 276 g/mol. The van der Waals surface area contributed by atoms with Gasteiger partial charge in [-0.1, -0.05) is 12.1 Å².